The minimum absolute atomic E-state index is 0.0392. The molecule has 1 atom stereocenters. The van der Waals surface area contributed by atoms with Crippen molar-refractivity contribution < 1.29 is 4.74 Å². The Morgan fingerprint density at radius 1 is 1.05 bits per heavy atom. The first-order chi connectivity index (χ1) is 9.58. The average Bonchev–Trinajstić information content (AvgIpc) is 2.37. The minimum atomic E-state index is 0.0392. The van der Waals surface area contributed by atoms with Crippen molar-refractivity contribution in [3.05, 3.63) is 0 Å². The van der Waals surface area contributed by atoms with Gasteiger partial charge in [0.05, 0.1) is 6.10 Å². The monoisotopic (exact) mass is 281 g/mol. The third kappa shape index (κ3) is 5.59. The molecular formula is C14H27N5O. The smallest absolute Gasteiger partial charge is 0.323 e. The van der Waals surface area contributed by atoms with E-state index in [0.29, 0.717) is 23.9 Å². The second-order valence-electron chi connectivity index (χ2n) is 5.00. The zero-order valence-electron chi connectivity index (χ0n) is 13.2. The third-order valence-electron chi connectivity index (χ3n) is 2.75. The number of hydrogen-bond donors (Lipinski definition) is 2. The molecule has 1 rings (SSSR count). The van der Waals surface area contributed by atoms with E-state index in [-0.39, 0.29) is 6.10 Å². The molecule has 0 fully saturated rings. The lowest BCUT2D eigenvalue weighted by atomic mass is 10.1. The normalized spacial score (nSPS) is 12.3. The molecule has 20 heavy (non-hydrogen) atoms. The molecule has 0 amide bonds. The molecule has 0 aromatic carbocycles. The Kier molecular flexibility index (Phi) is 7.04. The van der Waals surface area contributed by atoms with Gasteiger partial charge in [-0.25, -0.2) is 0 Å². The van der Waals surface area contributed by atoms with Gasteiger partial charge in [0.25, 0.3) is 0 Å². The molecule has 114 valence electrons. The molecule has 0 spiro atoms. The largest absolute Gasteiger partial charge is 0.461 e. The molecule has 1 unspecified atom stereocenters. The van der Waals surface area contributed by atoms with E-state index in [0.717, 1.165) is 25.8 Å². The van der Waals surface area contributed by atoms with Crippen LogP contribution in [0, 0.1) is 0 Å². The summed E-state index contributed by atoms with van der Waals surface area (Å²) in [5, 5.41) is 6.46. The van der Waals surface area contributed by atoms with Crippen LogP contribution in [0.5, 0.6) is 6.01 Å². The fourth-order valence-electron chi connectivity index (χ4n) is 1.83. The van der Waals surface area contributed by atoms with Crippen LogP contribution in [-0.2, 0) is 0 Å². The van der Waals surface area contributed by atoms with E-state index in [4.69, 9.17) is 4.74 Å². The van der Waals surface area contributed by atoms with Crippen molar-refractivity contribution in [2.24, 2.45) is 0 Å². The lowest BCUT2D eigenvalue weighted by Crippen LogP contribution is -2.21. The number of aromatic nitrogens is 3. The summed E-state index contributed by atoms with van der Waals surface area (Å²) in [4.78, 5) is 13.0. The number of rotatable bonds is 9. The van der Waals surface area contributed by atoms with Crippen LogP contribution in [0.3, 0.4) is 0 Å². The molecular weight excluding hydrogens is 254 g/mol. The van der Waals surface area contributed by atoms with Crippen LogP contribution in [-0.4, -0.2) is 33.6 Å². The van der Waals surface area contributed by atoms with Crippen LogP contribution in [0.25, 0.3) is 0 Å². The Labute approximate surface area is 121 Å². The Morgan fingerprint density at radius 2 is 1.75 bits per heavy atom. The highest BCUT2D eigenvalue weighted by molar-refractivity contribution is 5.36. The second kappa shape index (κ2) is 8.55. The first-order valence-corrected chi connectivity index (χ1v) is 7.52. The molecule has 2 N–H and O–H groups in total. The minimum Gasteiger partial charge on any atom is -0.461 e. The molecule has 6 nitrogen and oxygen atoms in total. The van der Waals surface area contributed by atoms with Crippen LogP contribution in [0.4, 0.5) is 11.9 Å². The molecule has 0 aliphatic rings. The van der Waals surface area contributed by atoms with Gasteiger partial charge in [-0.05, 0) is 33.6 Å². The molecule has 0 saturated carbocycles. The summed E-state index contributed by atoms with van der Waals surface area (Å²) in [7, 11) is 0. The lowest BCUT2D eigenvalue weighted by Gasteiger charge is -2.17. The van der Waals surface area contributed by atoms with Gasteiger partial charge in [-0.2, -0.15) is 15.0 Å². The summed E-state index contributed by atoms with van der Waals surface area (Å²) in [5.74, 6) is 1.12. The zero-order chi connectivity index (χ0) is 15.0. The quantitative estimate of drug-likeness (QED) is 0.724. The molecule has 0 aliphatic carbocycles. The van der Waals surface area contributed by atoms with E-state index < -0.39 is 0 Å². The van der Waals surface area contributed by atoms with Crippen LogP contribution in [0.2, 0.25) is 0 Å². The van der Waals surface area contributed by atoms with Gasteiger partial charge in [0.1, 0.15) is 0 Å². The molecule has 0 saturated heterocycles. The van der Waals surface area contributed by atoms with Crippen molar-refractivity contribution >= 4 is 11.9 Å². The van der Waals surface area contributed by atoms with Crippen molar-refractivity contribution in [1.82, 2.24) is 15.0 Å². The number of nitrogens with one attached hydrogen (secondary N) is 2. The maximum absolute atomic E-state index is 5.57. The molecule has 0 aliphatic heterocycles. The SMILES string of the molecule is CCCC(CC)Nc1nc(NCC)nc(OC(C)C)n1. The highest BCUT2D eigenvalue weighted by Crippen LogP contribution is 2.15. The predicted octanol–water partition coefficient (Wildman–Crippen LogP) is 3.08. The lowest BCUT2D eigenvalue weighted by molar-refractivity contribution is 0.222. The molecule has 1 aromatic rings. The van der Waals surface area contributed by atoms with Crippen molar-refractivity contribution in [1.29, 1.82) is 0 Å². The van der Waals surface area contributed by atoms with Gasteiger partial charge in [-0.3, -0.25) is 0 Å². The number of anilines is 2. The number of nitrogens with zero attached hydrogens (tertiary/aromatic N) is 3. The van der Waals surface area contributed by atoms with Crippen LogP contribution in [0.1, 0.15) is 53.9 Å². The third-order valence-corrected chi connectivity index (χ3v) is 2.75. The maximum atomic E-state index is 5.57. The molecule has 1 aromatic heterocycles. The molecule has 0 radical (unpaired) electrons. The summed E-state index contributed by atoms with van der Waals surface area (Å²) < 4.78 is 5.57. The molecule has 0 bridgehead atoms. The van der Waals surface area contributed by atoms with Crippen molar-refractivity contribution in [3.63, 3.8) is 0 Å². The predicted molar refractivity (Wildman–Crippen MR) is 82.4 cm³/mol. The van der Waals surface area contributed by atoms with E-state index in [1.165, 1.54) is 0 Å². The van der Waals surface area contributed by atoms with Crippen molar-refractivity contribution in [2.45, 2.75) is 66.0 Å². The van der Waals surface area contributed by atoms with Gasteiger partial charge >= 0.3 is 6.01 Å². The fraction of sp³-hybridized carbons (Fsp3) is 0.786. The first kappa shape index (κ1) is 16.5. The van der Waals surface area contributed by atoms with Crippen LogP contribution < -0.4 is 15.4 Å². The van der Waals surface area contributed by atoms with Gasteiger partial charge in [-0.15, -0.1) is 0 Å². The van der Waals surface area contributed by atoms with E-state index in [2.05, 4.69) is 39.4 Å². The van der Waals surface area contributed by atoms with Gasteiger partial charge in [0.15, 0.2) is 0 Å². The fourth-order valence-corrected chi connectivity index (χ4v) is 1.83. The maximum Gasteiger partial charge on any atom is 0.323 e. The zero-order valence-corrected chi connectivity index (χ0v) is 13.2. The van der Waals surface area contributed by atoms with Crippen molar-refractivity contribution in [2.75, 3.05) is 17.2 Å². The molecule has 1 heterocycles. The van der Waals surface area contributed by atoms with Crippen LogP contribution >= 0.6 is 0 Å². The Morgan fingerprint density at radius 3 is 2.30 bits per heavy atom. The van der Waals surface area contributed by atoms with E-state index in [1.807, 2.05) is 20.8 Å². The van der Waals surface area contributed by atoms with Crippen LogP contribution in [0.15, 0.2) is 0 Å². The summed E-state index contributed by atoms with van der Waals surface area (Å²) >= 11 is 0. The standard InChI is InChI=1S/C14H27N5O/c1-6-9-11(7-2)16-13-17-12(15-8-3)18-14(19-13)20-10(4)5/h10-11H,6-9H2,1-5H3,(H2,15,16,17,18,19). The summed E-state index contributed by atoms with van der Waals surface area (Å²) in [6.07, 6.45) is 3.30. The topological polar surface area (TPSA) is 72.0 Å². The highest BCUT2D eigenvalue weighted by Gasteiger charge is 2.12. The van der Waals surface area contributed by atoms with E-state index in [1.54, 1.807) is 0 Å². The van der Waals surface area contributed by atoms with Gasteiger partial charge in [0.2, 0.25) is 11.9 Å². The average molecular weight is 281 g/mol. The van der Waals surface area contributed by atoms with E-state index >= 15 is 0 Å². The van der Waals surface area contributed by atoms with Gasteiger partial charge in [-0.1, -0.05) is 20.3 Å². The Bertz CT molecular complexity index is 397. The summed E-state index contributed by atoms with van der Waals surface area (Å²) in [6.45, 7) is 11.0. The highest BCUT2D eigenvalue weighted by atomic mass is 16.5. The number of hydrogen-bond acceptors (Lipinski definition) is 6. The Hall–Kier alpha value is -1.59. The Balaban J connectivity index is 2.89. The number of ether oxygens (including phenoxy) is 1. The molecule has 6 heteroatoms. The summed E-state index contributed by atoms with van der Waals surface area (Å²) in [5.41, 5.74) is 0. The van der Waals surface area contributed by atoms with Gasteiger partial charge in [0, 0.05) is 12.6 Å². The van der Waals surface area contributed by atoms with Gasteiger partial charge < -0.3 is 15.4 Å². The summed E-state index contributed by atoms with van der Waals surface area (Å²) in [6, 6.07) is 0.739. The van der Waals surface area contributed by atoms with Crippen molar-refractivity contribution in [3.8, 4) is 6.01 Å². The van der Waals surface area contributed by atoms with E-state index in [9.17, 15) is 0 Å². The second-order valence-corrected chi connectivity index (χ2v) is 5.00. The first-order valence-electron chi connectivity index (χ1n) is 7.52.